The number of amides is 1. The van der Waals surface area contributed by atoms with E-state index in [1.165, 1.54) is 19.4 Å². The minimum atomic E-state index is -0.814. The van der Waals surface area contributed by atoms with Crippen molar-refractivity contribution in [1.29, 1.82) is 0 Å². The van der Waals surface area contributed by atoms with Gasteiger partial charge in [-0.25, -0.2) is 0 Å². The van der Waals surface area contributed by atoms with Crippen LogP contribution in [-0.4, -0.2) is 74.0 Å². The molecule has 0 saturated carbocycles. The Bertz CT molecular complexity index is 1620. The van der Waals surface area contributed by atoms with Crippen molar-refractivity contribution in [2.45, 2.75) is 126 Å². The lowest BCUT2D eigenvalue weighted by atomic mass is 9.77. The van der Waals surface area contributed by atoms with Crippen LogP contribution < -0.4 is 5.32 Å². The van der Waals surface area contributed by atoms with Gasteiger partial charge in [0.15, 0.2) is 6.10 Å². The van der Waals surface area contributed by atoms with Crippen LogP contribution in [0.4, 0.5) is 0 Å². The Morgan fingerprint density at radius 2 is 1.57 bits per heavy atom. The highest BCUT2D eigenvalue weighted by molar-refractivity contribution is 5.93. The summed E-state index contributed by atoms with van der Waals surface area (Å²) >= 11 is 0. The molecule has 1 fully saturated rings. The zero-order valence-electron chi connectivity index (χ0n) is 34.4. The van der Waals surface area contributed by atoms with Crippen LogP contribution in [0.15, 0.2) is 42.5 Å². The van der Waals surface area contributed by atoms with Gasteiger partial charge in [0, 0.05) is 44.7 Å². The van der Waals surface area contributed by atoms with E-state index in [4.69, 9.17) is 14.2 Å². The van der Waals surface area contributed by atoms with Crippen LogP contribution in [0, 0.1) is 23.7 Å². The van der Waals surface area contributed by atoms with Gasteiger partial charge in [-0.2, -0.15) is 0 Å². The first-order chi connectivity index (χ1) is 24.7. The number of likely N-dealkylation sites (N-methyl/N-ethyl adjacent to an activating group) is 1. The minimum Gasteiger partial charge on any atom is -0.458 e. The maximum atomic E-state index is 13.4. The van der Waals surface area contributed by atoms with E-state index in [2.05, 4.69) is 62.5 Å². The normalized spacial score (nSPS) is 20.8. The van der Waals surface area contributed by atoms with Crippen LogP contribution >= 0.6 is 0 Å². The van der Waals surface area contributed by atoms with E-state index in [0.29, 0.717) is 13.0 Å². The van der Waals surface area contributed by atoms with Gasteiger partial charge in [-0.1, -0.05) is 90.1 Å². The largest absolute Gasteiger partial charge is 0.458 e. The molecule has 3 rings (SSSR count). The first-order valence-electron chi connectivity index (χ1n) is 19.0. The molecule has 2 aromatic carbocycles. The SMILES string of the molecule is CC[C@H]1O[C@@H](c2cc(Cc3ccc(/C=C/C(C)(C)C(=O)CC(C)(C)C(=O)NCCN(C)C)cc3)c(C(C)C)cc2C)[C@H](OC(C)=O)[C@@H](OC(C)=O)[C@@H]1C. The summed E-state index contributed by atoms with van der Waals surface area (Å²) in [4.78, 5) is 52.8. The van der Waals surface area contributed by atoms with Gasteiger partial charge in [0.2, 0.25) is 5.91 Å². The van der Waals surface area contributed by atoms with Crippen molar-refractivity contribution in [2.24, 2.45) is 16.7 Å². The lowest BCUT2D eigenvalue weighted by Crippen LogP contribution is -2.53. The summed E-state index contributed by atoms with van der Waals surface area (Å²) in [5.41, 5.74) is 4.83. The summed E-state index contributed by atoms with van der Waals surface area (Å²) in [7, 11) is 3.91. The quantitative estimate of drug-likeness (QED) is 0.175. The van der Waals surface area contributed by atoms with E-state index >= 15 is 0 Å². The number of allylic oxidation sites excluding steroid dienone is 1. The summed E-state index contributed by atoms with van der Waals surface area (Å²) in [5, 5.41) is 2.95. The van der Waals surface area contributed by atoms with Gasteiger partial charge in [0.05, 0.1) is 11.5 Å². The molecule has 53 heavy (non-hydrogen) atoms. The topological polar surface area (TPSA) is 111 Å². The molecular weight excluding hydrogens is 668 g/mol. The Morgan fingerprint density at radius 1 is 0.962 bits per heavy atom. The monoisotopic (exact) mass is 732 g/mol. The zero-order valence-corrected chi connectivity index (χ0v) is 34.4. The fraction of sp³-hybridized carbons (Fsp3) is 0.591. The highest BCUT2D eigenvalue weighted by Gasteiger charge is 2.48. The second-order valence-electron chi connectivity index (χ2n) is 16.6. The maximum absolute atomic E-state index is 13.4. The highest BCUT2D eigenvalue weighted by Crippen LogP contribution is 2.42. The molecule has 0 aromatic heterocycles. The number of carbonyl (C=O) groups is 4. The Balaban J connectivity index is 1.86. The third kappa shape index (κ3) is 11.8. The van der Waals surface area contributed by atoms with Crippen molar-refractivity contribution in [3.05, 3.63) is 75.9 Å². The number of benzene rings is 2. The lowest BCUT2D eigenvalue weighted by Gasteiger charge is -2.45. The molecule has 0 aliphatic carbocycles. The molecule has 1 amide bonds. The molecule has 9 nitrogen and oxygen atoms in total. The first kappa shape index (κ1) is 43.6. The van der Waals surface area contributed by atoms with Crippen LogP contribution in [0.25, 0.3) is 6.08 Å². The third-order valence-electron chi connectivity index (χ3n) is 10.4. The van der Waals surface area contributed by atoms with Crippen LogP contribution in [0.2, 0.25) is 0 Å². The van der Waals surface area contributed by atoms with Gasteiger partial charge in [-0.15, -0.1) is 0 Å². The van der Waals surface area contributed by atoms with E-state index in [-0.39, 0.29) is 36.1 Å². The van der Waals surface area contributed by atoms with Crippen molar-refractivity contribution in [3.63, 3.8) is 0 Å². The molecule has 1 aliphatic rings. The Kier molecular flexibility index (Phi) is 15.2. The number of hydrogen-bond donors (Lipinski definition) is 1. The molecule has 2 aromatic rings. The predicted molar refractivity (Wildman–Crippen MR) is 210 cm³/mol. The summed E-state index contributed by atoms with van der Waals surface area (Å²) in [5.74, 6) is -0.884. The summed E-state index contributed by atoms with van der Waals surface area (Å²) < 4.78 is 18.3. The smallest absolute Gasteiger partial charge is 0.303 e. The molecule has 9 heteroatoms. The van der Waals surface area contributed by atoms with Crippen molar-refractivity contribution < 1.29 is 33.4 Å². The first-order valence-corrected chi connectivity index (χ1v) is 19.0. The van der Waals surface area contributed by atoms with Crippen molar-refractivity contribution >= 4 is 29.7 Å². The predicted octanol–water partition coefficient (Wildman–Crippen LogP) is 7.76. The molecule has 0 radical (unpaired) electrons. The molecule has 5 atom stereocenters. The van der Waals surface area contributed by atoms with E-state index in [9.17, 15) is 19.2 Å². The average Bonchev–Trinajstić information content (AvgIpc) is 3.06. The van der Waals surface area contributed by atoms with Crippen molar-refractivity contribution in [2.75, 3.05) is 27.2 Å². The maximum Gasteiger partial charge on any atom is 0.303 e. The highest BCUT2D eigenvalue weighted by atomic mass is 16.6. The fourth-order valence-corrected chi connectivity index (χ4v) is 6.97. The van der Waals surface area contributed by atoms with E-state index < -0.39 is 41.1 Å². The van der Waals surface area contributed by atoms with Crippen molar-refractivity contribution in [3.8, 4) is 0 Å². The van der Waals surface area contributed by atoms with E-state index in [0.717, 1.165) is 40.8 Å². The summed E-state index contributed by atoms with van der Waals surface area (Å²) in [6.45, 7) is 21.9. The van der Waals surface area contributed by atoms with Gasteiger partial charge in [-0.05, 0) is 87.0 Å². The minimum absolute atomic E-state index is 0.00583. The van der Waals surface area contributed by atoms with Gasteiger partial charge >= 0.3 is 11.9 Å². The molecule has 1 aliphatic heterocycles. The second kappa shape index (κ2) is 18.5. The second-order valence-corrected chi connectivity index (χ2v) is 16.6. The number of esters is 2. The van der Waals surface area contributed by atoms with Crippen LogP contribution in [0.3, 0.4) is 0 Å². The molecular formula is C44H64N2O7. The Labute approximate surface area is 318 Å². The standard InChI is InChI=1S/C44H64N2O7/c1-14-37-29(5)39(51-30(6)47)41(52-31(7)48)40(53-37)36-25-34(35(27(2)3)23-28(36)4)24-33-17-15-32(16-18-33)19-20-43(8,9)38(49)26-44(10,11)42(50)45-21-22-46(12)13/h15-20,23,25,27,29,37,39-41H,14,21-22,24,26H2,1-13H3,(H,45,50)/b20-19+/t29-,37-,39+,40+,41-/m1/s1. The summed E-state index contributed by atoms with van der Waals surface area (Å²) in [6, 6.07) is 12.7. The molecule has 292 valence electrons. The molecule has 1 saturated heterocycles. The Hall–Kier alpha value is -3.82. The molecule has 0 bridgehead atoms. The number of Topliss-reactive ketones (excluding diaryl/α,β-unsaturated/α-hetero) is 1. The van der Waals surface area contributed by atoms with Gasteiger partial charge in [0.1, 0.15) is 18.0 Å². The van der Waals surface area contributed by atoms with E-state index in [1.807, 2.05) is 72.7 Å². The molecule has 1 N–H and O–H groups in total. The number of nitrogens with zero attached hydrogens (tertiary/aromatic N) is 1. The number of ether oxygens (including phenoxy) is 3. The lowest BCUT2D eigenvalue weighted by molar-refractivity contribution is -0.225. The molecule has 0 unspecified atom stereocenters. The van der Waals surface area contributed by atoms with Crippen LogP contribution in [-0.2, 0) is 39.8 Å². The third-order valence-corrected chi connectivity index (χ3v) is 10.4. The van der Waals surface area contributed by atoms with Crippen LogP contribution in [0.5, 0.6) is 0 Å². The number of rotatable bonds is 16. The number of ketones is 1. The average molecular weight is 733 g/mol. The fourth-order valence-electron chi connectivity index (χ4n) is 6.97. The van der Waals surface area contributed by atoms with Crippen molar-refractivity contribution in [1.82, 2.24) is 10.2 Å². The van der Waals surface area contributed by atoms with Gasteiger partial charge in [-0.3, -0.25) is 19.2 Å². The van der Waals surface area contributed by atoms with Gasteiger partial charge in [0.25, 0.3) is 0 Å². The number of nitrogens with one attached hydrogen (secondary N) is 1. The molecule has 1 heterocycles. The number of aryl methyl sites for hydroxylation is 1. The summed E-state index contributed by atoms with van der Waals surface area (Å²) in [6.07, 6.45) is 3.20. The van der Waals surface area contributed by atoms with E-state index in [1.54, 1.807) is 0 Å². The zero-order chi connectivity index (χ0) is 39.8. The number of carbonyl (C=O) groups excluding carboxylic acids is 4. The molecule has 0 spiro atoms. The number of hydrogen-bond acceptors (Lipinski definition) is 8. The van der Waals surface area contributed by atoms with Gasteiger partial charge < -0.3 is 24.4 Å². The van der Waals surface area contributed by atoms with Crippen LogP contribution in [0.1, 0.15) is 127 Å². The Morgan fingerprint density at radius 3 is 2.11 bits per heavy atom.